The molecule has 1 aromatic heterocycles. The predicted molar refractivity (Wildman–Crippen MR) is 144 cm³/mol. The summed E-state index contributed by atoms with van der Waals surface area (Å²) in [5.74, 6) is -1.39. The Morgan fingerprint density at radius 1 is 1.14 bits per heavy atom. The number of aryl methyl sites for hydroxylation is 1. The van der Waals surface area contributed by atoms with Gasteiger partial charge in [-0.1, -0.05) is 36.8 Å². The number of hydrazine groups is 1. The Morgan fingerprint density at radius 3 is 2.40 bits per heavy atom. The average Bonchev–Trinajstić information content (AvgIpc) is 3.41. The number of sulfonamides is 1. The van der Waals surface area contributed by atoms with Gasteiger partial charge < -0.3 is 14.8 Å². The van der Waals surface area contributed by atoms with Crippen molar-refractivity contribution in [3.8, 4) is 16.9 Å². The van der Waals surface area contributed by atoms with E-state index < -0.39 is 40.6 Å². The Kier molecular flexibility index (Phi) is 10.7. The van der Waals surface area contributed by atoms with Crippen molar-refractivity contribution in [3.05, 3.63) is 71.1 Å². The van der Waals surface area contributed by atoms with Crippen LogP contribution in [-0.4, -0.2) is 60.4 Å². The topological polar surface area (TPSA) is 158 Å². The van der Waals surface area contributed by atoms with E-state index in [-0.39, 0.29) is 47.1 Å². The second-order valence-electron chi connectivity index (χ2n) is 9.15. The van der Waals surface area contributed by atoms with Crippen LogP contribution in [0.2, 0.25) is 0 Å². The third-order valence-electron chi connectivity index (χ3n) is 5.85. The molecule has 0 aliphatic rings. The van der Waals surface area contributed by atoms with Gasteiger partial charge in [-0.2, -0.15) is 18.3 Å². The second kappa shape index (κ2) is 14.0. The Balaban J connectivity index is 1.63. The minimum Gasteiger partial charge on any atom is -0.569 e. The Hall–Kier alpha value is -4.67. The normalized spacial score (nSPS) is 12.1. The fourth-order valence-corrected chi connectivity index (χ4v) is 4.57. The quantitative estimate of drug-likeness (QED) is 0.0736. The smallest absolute Gasteiger partial charge is 0.435 e. The van der Waals surface area contributed by atoms with Crippen molar-refractivity contribution in [1.82, 2.24) is 19.5 Å². The van der Waals surface area contributed by atoms with Gasteiger partial charge in [0.05, 0.1) is 34.8 Å². The number of halogens is 3. The molecule has 1 N–H and O–H groups in total. The molecule has 0 saturated heterocycles. The number of nitrogens with zero attached hydrogens (tertiary/aromatic N) is 5. The molecule has 0 spiro atoms. The van der Waals surface area contributed by atoms with Crippen LogP contribution in [-0.2, 0) is 35.4 Å². The number of benzene rings is 2. The molecule has 13 nitrogen and oxygen atoms in total. The van der Waals surface area contributed by atoms with Gasteiger partial charge in [0.1, 0.15) is 0 Å². The molecular formula is C26H29F3N6O7S. The van der Waals surface area contributed by atoms with Gasteiger partial charge >= 0.3 is 12.1 Å². The summed E-state index contributed by atoms with van der Waals surface area (Å²) >= 11 is 0. The molecule has 2 aromatic carbocycles. The fraction of sp³-hybridized carbons (Fsp3) is 0.346. The number of rotatable bonds is 13. The van der Waals surface area contributed by atoms with Gasteiger partial charge in [0, 0.05) is 18.4 Å². The second-order valence-corrected chi connectivity index (χ2v) is 10.8. The van der Waals surface area contributed by atoms with E-state index in [1.807, 2.05) is 11.6 Å². The zero-order chi connectivity index (χ0) is 31.8. The maximum Gasteiger partial charge on any atom is 0.435 e. The van der Waals surface area contributed by atoms with Crippen molar-refractivity contribution < 1.29 is 45.7 Å². The molecule has 0 fully saturated rings. The zero-order valence-electron chi connectivity index (χ0n) is 23.4. The number of carbonyl (C=O) groups is 2. The number of nitrogens with one attached hydrogen (secondary N) is 1. The molecule has 17 heteroatoms. The molecule has 1 heterocycles. The lowest BCUT2D eigenvalue weighted by molar-refractivity contribution is -0.706. The van der Waals surface area contributed by atoms with E-state index in [2.05, 4.69) is 20.0 Å². The van der Waals surface area contributed by atoms with Gasteiger partial charge in [0.15, 0.2) is 5.69 Å². The summed E-state index contributed by atoms with van der Waals surface area (Å²) in [7, 11) is -2.97. The number of amides is 1. The van der Waals surface area contributed by atoms with Crippen LogP contribution >= 0.6 is 0 Å². The number of aromatic nitrogens is 2. The molecule has 0 radical (unpaired) electrons. The van der Waals surface area contributed by atoms with Crippen molar-refractivity contribution in [2.24, 2.45) is 5.28 Å². The highest BCUT2D eigenvalue weighted by Gasteiger charge is 2.35. The van der Waals surface area contributed by atoms with Gasteiger partial charge in [0.2, 0.25) is 11.2 Å². The Bertz CT molecular complexity index is 1560. The number of hydrogen-bond donors (Lipinski definition) is 1. The van der Waals surface area contributed by atoms with E-state index in [9.17, 15) is 36.4 Å². The van der Waals surface area contributed by atoms with Gasteiger partial charge in [-0.15, -0.1) is 5.01 Å². The molecule has 3 aromatic rings. The SMILES string of the molecule is CCC(=O)OCON=[N+]([O-])N(C)CCCC(=O)NS(=O)(=O)c1ccc(-n2nc(C(F)(F)F)cc2-c2ccc(C)cc2)cc1. The summed E-state index contributed by atoms with van der Waals surface area (Å²) in [6.07, 6.45) is -4.77. The largest absolute Gasteiger partial charge is 0.569 e. The van der Waals surface area contributed by atoms with Crippen molar-refractivity contribution in [1.29, 1.82) is 0 Å². The number of esters is 1. The molecule has 0 saturated carbocycles. The lowest BCUT2D eigenvalue weighted by Gasteiger charge is -2.13. The average molecular weight is 627 g/mol. The van der Waals surface area contributed by atoms with Crippen LogP contribution in [0.5, 0.6) is 0 Å². The molecule has 0 aliphatic carbocycles. The zero-order valence-corrected chi connectivity index (χ0v) is 24.2. The van der Waals surface area contributed by atoms with E-state index in [1.54, 1.807) is 31.2 Å². The minimum absolute atomic E-state index is 0.000370. The van der Waals surface area contributed by atoms with Crippen LogP contribution in [0.15, 0.2) is 64.8 Å². The fourth-order valence-electron chi connectivity index (χ4n) is 3.56. The van der Waals surface area contributed by atoms with E-state index in [4.69, 9.17) is 0 Å². The predicted octanol–water partition coefficient (Wildman–Crippen LogP) is 4.10. The van der Waals surface area contributed by atoms with Gasteiger partial charge in [-0.25, -0.2) is 17.8 Å². The molecule has 0 atom stereocenters. The third kappa shape index (κ3) is 9.16. The highest BCUT2D eigenvalue weighted by molar-refractivity contribution is 7.90. The van der Waals surface area contributed by atoms with Crippen LogP contribution in [0.3, 0.4) is 0 Å². The van der Waals surface area contributed by atoms with Crippen LogP contribution in [0, 0.1) is 12.1 Å². The summed E-state index contributed by atoms with van der Waals surface area (Å²) in [5.41, 5.74) is 0.588. The van der Waals surface area contributed by atoms with E-state index in [0.29, 0.717) is 5.56 Å². The van der Waals surface area contributed by atoms with E-state index in [0.717, 1.165) is 33.5 Å². The van der Waals surface area contributed by atoms with Crippen molar-refractivity contribution in [2.45, 2.75) is 44.2 Å². The van der Waals surface area contributed by atoms with Crippen LogP contribution in [0.25, 0.3) is 16.9 Å². The lowest BCUT2D eigenvalue weighted by atomic mass is 10.1. The molecular weight excluding hydrogens is 597 g/mol. The van der Waals surface area contributed by atoms with Crippen LogP contribution in [0.1, 0.15) is 37.4 Å². The molecule has 232 valence electrons. The summed E-state index contributed by atoms with van der Waals surface area (Å²) < 4.78 is 73.4. The van der Waals surface area contributed by atoms with Crippen LogP contribution < -0.4 is 4.72 Å². The van der Waals surface area contributed by atoms with Crippen molar-refractivity contribution in [3.63, 3.8) is 0 Å². The third-order valence-corrected chi connectivity index (χ3v) is 7.24. The summed E-state index contributed by atoms with van der Waals surface area (Å²) in [6, 6.07) is 12.5. The number of ether oxygens (including phenoxy) is 1. The van der Waals surface area contributed by atoms with E-state index >= 15 is 0 Å². The first-order chi connectivity index (χ1) is 20.2. The van der Waals surface area contributed by atoms with Crippen LogP contribution in [0.4, 0.5) is 13.2 Å². The minimum atomic E-state index is -4.70. The molecule has 43 heavy (non-hydrogen) atoms. The number of hydrogen-bond acceptors (Lipinski definition) is 9. The van der Waals surface area contributed by atoms with Gasteiger partial charge in [0.25, 0.3) is 16.8 Å². The molecule has 0 aliphatic heterocycles. The number of carbonyl (C=O) groups excluding carboxylic acids is 2. The Morgan fingerprint density at radius 2 is 1.79 bits per heavy atom. The summed E-state index contributed by atoms with van der Waals surface area (Å²) in [5, 5.41) is 19.7. The molecule has 0 unspecified atom stereocenters. The molecule has 1 amide bonds. The monoisotopic (exact) mass is 626 g/mol. The van der Waals surface area contributed by atoms with Gasteiger partial charge in [-0.05, 0) is 43.7 Å². The molecule has 0 bridgehead atoms. The number of alkyl halides is 3. The maximum atomic E-state index is 13.4. The highest BCUT2D eigenvalue weighted by Crippen LogP contribution is 2.33. The first-order valence-corrected chi connectivity index (χ1v) is 14.3. The lowest BCUT2D eigenvalue weighted by Crippen LogP contribution is -2.32. The summed E-state index contributed by atoms with van der Waals surface area (Å²) in [4.78, 5) is 27.6. The summed E-state index contributed by atoms with van der Waals surface area (Å²) in [6.45, 7) is 2.86. The first-order valence-electron chi connectivity index (χ1n) is 12.8. The maximum absolute atomic E-state index is 13.4. The first kappa shape index (κ1) is 32.8. The Labute approximate surface area is 245 Å². The standard InChI is InChI=1S/C26H29F3N6O7S/c1-4-25(37)41-17-42-32-35(38)33(3)15-5-6-24(36)31-43(39,40)21-13-11-20(12-14-21)34-22(16-23(30-34)26(27,28)29)19-9-7-18(2)8-10-19/h7-14,16H,4-6,15,17H2,1-3H3,(H,31,36). The van der Waals surface area contributed by atoms with Crippen molar-refractivity contribution in [2.75, 3.05) is 20.4 Å². The van der Waals surface area contributed by atoms with E-state index in [1.165, 1.54) is 19.2 Å². The molecule has 3 rings (SSSR count). The highest BCUT2D eigenvalue weighted by atomic mass is 32.2. The van der Waals surface area contributed by atoms with Crippen molar-refractivity contribution >= 4 is 21.9 Å². The van der Waals surface area contributed by atoms with Gasteiger partial charge in [-0.3, -0.25) is 9.59 Å².